The summed E-state index contributed by atoms with van der Waals surface area (Å²) >= 11 is 0. The van der Waals surface area contributed by atoms with Crippen molar-refractivity contribution < 1.29 is 4.79 Å². The average molecular weight is 375 g/mol. The Morgan fingerprint density at radius 2 is 1.68 bits per heavy atom. The third kappa shape index (κ3) is 5.13. The fraction of sp³-hybridized carbons (Fsp3) is 0.273. The average Bonchev–Trinajstić information content (AvgIpc) is 2.73. The SMILES string of the molecule is CC(C)c1ccc(Nc2ncc(C(=O)N(C)CCc3ccncc3)cn2)cc1. The maximum absolute atomic E-state index is 12.5. The molecule has 0 unspecified atom stereocenters. The third-order valence-corrected chi connectivity index (χ3v) is 4.56. The first kappa shape index (κ1) is 19.5. The summed E-state index contributed by atoms with van der Waals surface area (Å²) < 4.78 is 0. The largest absolute Gasteiger partial charge is 0.341 e. The summed E-state index contributed by atoms with van der Waals surface area (Å²) in [5.74, 6) is 0.862. The summed E-state index contributed by atoms with van der Waals surface area (Å²) in [6, 6.07) is 12.1. The Morgan fingerprint density at radius 1 is 1.04 bits per heavy atom. The Bertz CT molecular complexity index is 892. The van der Waals surface area contributed by atoms with Crippen LogP contribution < -0.4 is 5.32 Å². The first-order valence-corrected chi connectivity index (χ1v) is 9.36. The molecular weight excluding hydrogens is 350 g/mol. The van der Waals surface area contributed by atoms with Gasteiger partial charge in [0.15, 0.2) is 0 Å². The molecule has 0 aliphatic carbocycles. The minimum atomic E-state index is -0.0955. The highest BCUT2D eigenvalue weighted by molar-refractivity contribution is 5.93. The van der Waals surface area contributed by atoms with E-state index in [0.717, 1.165) is 17.7 Å². The van der Waals surface area contributed by atoms with Gasteiger partial charge < -0.3 is 10.2 Å². The van der Waals surface area contributed by atoms with E-state index in [1.54, 1.807) is 36.7 Å². The van der Waals surface area contributed by atoms with Crippen LogP contribution in [-0.4, -0.2) is 39.4 Å². The van der Waals surface area contributed by atoms with Gasteiger partial charge >= 0.3 is 0 Å². The molecule has 0 saturated carbocycles. The standard InChI is InChI=1S/C22H25N5O/c1-16(2)18-4-6-20(7-5-18)26-22-24-14-19(15-25-22)21(28)27(3)13-10-17-8-11-23-12-9-17/h4-9,11-12,14-16H,10,13H2,1-3H3,(H,24,25,26). The van der Waals surface area contributed by atoms with E-state index < -0.39 is 0 Å². The van der Waals surface area contributed by atoms with Gasteiger partial charge in [-0.1, -0.05) is 26.0 Å². The molecule has 2 heterocycles. The molecule has 2 aromatic heterocycles. The second kappa shape index (κ2) is 9.08. The number of nitrogens with zero attached hydrogens (tertiary/aromatic N) is 4. The topological polar surface area (TPSA) is 71.0 Å². The molecule has 3 rings (SSSR count). The molecule has 1 N–H and O–H groups in total. The van der Waals surface area contributed by atoms with Gasteiger partial charge in [-0.05, 0) is 47.7 Å². The van der Waals surface area contributed by atoms with Crippen molar-refractivity contribution in [2.45, 2.75) is 26.2 Å². The zero-order valence-electron chi connectivity index (χ0n) is 16.5. The summed E-state index contributed by atoms with van der Waals surface area (Å²) in [7, 11) is 1.78. The first-order valence-electron chi connectivity index (χ1n) is 9.36. The molecular formula is C22H25N5O. The normalized spacial score (nSPS) is 10.7. The van der Waals surface area contributed by atoms with Crippen molar-refractivity contribution in [3.63, 3.8) is 0 Å². The monoisotopic (exact) mass is 375 g/mol. The van der Waals surface area contributed by atoms with Crippen LogP contribution in [0.3, 0.4) is 0 Å². The van der Waals surface area contributed by atoms with E-state index in [-0.39, 0.29) is 5.91 Å². The predicted molar refractivity (Wildman–Crippen MR) is 111 cm³/mol. The highest BCUT2D eigenvalue weighted by Crippen LogP contribution is 2.19. The molecule has 0 radical (unpaired) electrons. The van der Waals surface area contributed by atoms with Gasteiger partial charge in [-0.25, -0.2) is 9.97 Å². The Kier molecular flexibility index (Phi) is 6.32. The summed E-state index contributed by atoms with van der Waals surface area (Å²) in [6.07, 6.45) is 7.41. The van der Waals surface area contributed by atoms with Crippen LogP contribution in [0, 0.1) is 0 Å². The van der Waals surface area contributed by atoms with E-state index in [2.05, 4.69) is 46.2 Å². The fourth-order valence-corrected chi connectivity index (χ4v) is 2.75. The fourth-order valence-electron chi connectivity index (χ4n) is 2.75. The van der Waals surface area contributed by atoms with Gasteiger partial charge in [-0.2, -0.15) is 0 Å². The number of nitrogens with one attached hydrogen (secondary N) is 1. The molecule has 0 fully saturated rings. The van der Waals surface area contributed by atoms with Gasteiger partial charge in [0.2, 0.25) is 5.95 Å². The van der Waals surface area contributed by atoms with Crippen molar-refractivity contribution in [1.29, 1.82) is 0 Å². The van der Waals surface area contributed by atoms with Gasteiger partial charge in [0, 0.05) is 44.1 Å². The van der Waals surface area contributed by atoms with Crippen molar-refractivity contribution in [3.05, 3.63) is 77.9 Å². The summed E-state index contributed by atoms with van der Waals surface area (Å²) in [5.41, 5.74) is 3.81. The minimum Gasteiger partial charge on any atom is -0.341 e. The third-order valence-electron chi connectivity index (χ3n) is 4.56. The number of anilines is 2. The number of aromatic nitrogens is 3. The van der Waals surface area contributed by atoms with Crippen molar-refractivity contribution in [1.82, 2.24) is 19.9 Å². The number of hydrogen-bond donors (Lipinski definition) is 1. The first-order chi connectivity index (χ1) is 13.5. The van der Waals surface area contributed by atoms with Crippen molar-refractivity contribution in [3.8, 4) is 0 Å². The zero-order valence-corrected chi connectivity index (χ0v) is 16.5. The molecule has 0 aliphatic rings. The molecule has 28 heavy (non-hydrogen) atoms. The Hall–Kier alpha value is -3.28. The van der Waals surface area contributed by atoms with E-state index >= 15 is 0 Å². The number of hydrogen-bond acceptors (Lipinski definition) is 5. The number of carbonyl (C=O) groups excluding carboxylic acids is 1. The highest BCUT2D eigenvalue weighted by atomic mass is 16.2. The molecule has 6 nitrogen and oxygen atoms in total. The number of amides is 1. The van der Waals surface area contributed by atoms with Crippen LogP contribution in [-0.2, 0) is 6.42 Å². The van der Waals surface area contributed by atoms with Crippen LogP contribution in [0.1, 0.15) is 41.3 Å². The molecule has 1 amide bonds. The number of pyridine rings is 1. The lowest BCUT2D eigenvalue weighted by atomic mass is 10.0. The maximum atomic E-state index is 12.5. The van der Waals surface area contributed by atoms with Crippen molar-refractivity contribution in [2.75, 3.05) is 18.9 Å². The molecule has 144 valence electrons. The van der Waals surface area contributed by atoms with E-state index in [1.165, 1.54) is 5.56 Å². The van der Waals surface area contributed by atoms with Crippen LogP contribution in [0.25, 0.3) is 0 Å². The smallest absolute Gasteiger partial charge is 0.256 e. The minimum absolute atomic E-state index is 0.0955. The zero-order chi connectivity index (χ0) is 19.9. The molecule has 0 aliphatic heterocycles. The maximum Gasteiger partial charge on any atom is 0.256 e. The quantitative estimate of drug-likeness (QED) is 0.674. The molecule has 0 bridgehead atoms. The number of carbonyl (C=O) groups is 1. The lowest BCUT2D eigenvalue weighted by Gasteiger charge is -2.17. The summed E-state index contributed by atoms with van der Waals surface area (Å²) in [6.45, 7) is 4.94. The van der Waals surface area contributed by atoms with Crippen molar-refractivity contribution >= 4 is 17.5 Å². The summed E-state index contributed by atoms with van der Waals surface area (Å²) in [5, 5.41) is 3.16. The van der Waals surface area contributed by atoms with Gasteiger partial charge in [0.05, 0.1) is 5.56 Å². The number of benzene rings is 1. The van der Waals surface area contributed by atoms with Gasteiger partial charge in [-0.15, -0.1) is 0 Å². The Balaban J connectivity index is 1.57. The number of rotatable bonds is 7. The second-order valence-corrected chi connectivity index (χ2v) is 7.03. The Labute approximate surface area is 165 Å². The van der Waals surface area contributed by atoms with E-state index in [1.807, 2.05) is 24.3 Å². The lowest BCUT2D eigenvalue weighted by molar-refractivity contribution is 0.0796. The molecule has 0 spiro atoms. The molecule has 0 atom stereocenters. The molecule has 3 aromatic rings. The predicted octanol–water partition coefficient (Wildman–Crippen LogP) is 4.05. The van der Waals surface area contributed by atoms with Gasteiger partial charge in [0.25, 0.3) is 5.91 Å². The molecule has 1 aromatic carbocycles. The lowest BCUT2D eigenvalue weighted by Crippen LogP contribution is -2.29. The molecule has 6 heteroatoms. The van der Waals surface area contributed by atoms with Crippen LogP contribution in [0.15, 0.2) is 61.2 Å². The second-order valence-electron chi connectivity index (χ2n) is 7.03. The van der Waals surface area contributed by atoms with Crippen LogP contribution in [0.4, 0.5) is 11.6 Å². The Morgan fingerprint density at radius 3 is 2.29 bits per heavy atom. The van der Waals surface area contributed by atoms with Gasteiger partial charge in [0.1, 0.15) is 0 Å². The highest BCUT2D eigenvalue weighted by Gasteiger charge is 2.13. The van der Waals surface area contributed by atoms with Crippen molar-refractivity contribution in [2.24, 2.45) is 0 Å². The molecule has 0 saturated heterocycles. The van der Waals surface area contributed by atoms with E-state index in [4.69, 9.17) is 0 Å². The van der Waals surface area contributed by atoms with Crippen LogP contribution >= 0.6 is 0 Å². The van der Waals surface area contributed by atoms with E-state index in [9.17, 15) is 4.79 Å². The van der Waals surface area contributed by atoms with Crippen LogP contribution in [0.5, 0.6) is 0 Å². The van der Waals surface area contributed by atoms with Crippen LogP contribution in [0.2, 0.25) is 0 Å². The van der Waals surface area contributed by atoms with Gasteiger partial charge in [-0.3, -0.25) is 9.78 Å². The van der Waals surface area contributed by atoms with E-state index in [0.29, 0.717) is 24.0 Å². The summed E-state index contributed by atoms with van der Waals surface area (Å²) in [4.78, 5) is 26.8. The number of likely N-dealkylation sites (N-methyl/N-ethyl adjacent to an activating group) is 1.